The van der Waals surface area contributed by atoms with E-state index < -0.39 is 15.4 Å². The van der Waals surface area contributed by atoms with Crippen molar-refractivity contribution in [3.8, 4) is 6.19 Å². The molecule has 8 nitrogen and oxygen atoms in total. The first-order valence-corrected chi connectivity index (χ1v) is 14.0. The van der Waals surface area contributed by atoms with Crippen LogP contribution in [0.5, 0.6) is 0 Å². The minimum atomic E-state index is -3.33. The smallest absolute Gasteiger partial charge is 0.208 e. The summed E-state index contributed by atoms with van der Waals surface area (Å²) in [6.45, 7) is 1.09. The zero-order valence-corrected chi connectivity index (χ0v) is 20.2. The molecule has 1 saturated heterocycles. The van der Waals surface area contributed by atoms with E-state index in [0.717, 1.165) is 37.4 Å². The molecule has 2 fully saturated rings. The third-order valence-corrected chi connectivity index (χ3v) is 7.97. The van der Waals surface area contributed by atoms with Gasteiger partial charge < -0.3 is 4.90 Å². The number of allylic oxidation sites excluding steroid dienone is 2. The summed E-state index contributed by atoms with van der Waals surface area (Å²) < 4.78 is 26.3. The topological polar surface area (TPSA) is 110 Å². The molecular weight excluding hydrogens is 436 g/mol. The second-order valence-corrected chi connectivity index (χ2v) is 11.4. The summed E-state index contributed by atoms with van der Waals surface area (Å²) in [6, 6.07) is 0.373. The van der Waals surface area contributed by atoms with Crippen molar-refractivity contribution in [1.29, 1.82) is 5.26 Å². The standard InChI is InChI=1S/C24H35N6O2S/c1-33(31,32)27-16-15-24(22-28-20-12-7-8-13-21(20)29-22)14-9-17-30(23(24)26-18-25)19-10-5-3-2-4-6-11-19/h7-8,12-14,19-20,22,27-28H,2-6,9-11,15-17H2,1H3. The number of sulfonamides is 1. The second kappa shape index (κ2) is 10.5. The van der Waals surface area contributed by atoms with Crippen molar-refractivity contribution in [2.75, 3.05) is 19.3 Å². The molecule has 4 aliphatic rings. The number of amidine groups is 1. The number of piperidine rings is 1. The third-order valence-electron chi connectivity index (χ3n) is 7.25. The lowest BCUT2D eigenvalue weighted by molar-refractivity contribution is 0.186. The summed E-state index contributed by atoms with van der Waals surface area (Å²) in [5, 5.41) is 13.3. The maximum atomic E-state index is 11.8. The monoisotopic (exact) mass is 471 g/mol. The normalized spacial score (nSPS) is 32.2. The molecule has 0 aromatic carbocycles. The van der Waals surface area contributed by atoms with E-state index in [9.17, 15) is 13.7 Å². The maximum absolute atomic E-state index is 11.8. The lowest BCUT2D eigenvalue weighted by atomic mass is 9.72. The van der Waals surface area contributed by atoms with Gasteiger partial charge in [0, 0.05) is 19.1 Å². The first-order valence-electron chi connectivity index (χ1n) is 12.1. The van der Waals surface area contributed by atoms with Crippen LogP contribution < -0.4 is 10.0 Å². The Kier molecular flexibility index (Phi) is 7.67. The average Bonchev–Trinajstić information content (AvgIpc) is 3.19. The zero-order valence-electron chi connectivity index (χ0n) is 19.4. The first-order chi connectivity index (χ1) is 15.9. The highest BCUT2D eigenvalue weighted by Gasteiger charge is 2.51. The molecule has 9 heteroatoms. The summed E-state index contributed by atoms with van der Waals surface area (Å²) in [4.78, 5) is 11.8. The third kappa shape index (κ3) is 5.56. The average molecular weight is 472 g/mol. The molecule has 0 aromatic rings. The van der Waals surface area contributed by atoms with Crippen molar-refractivity contribution in [2.24, 2.45) is 15.4 Å². The molecule has 0 bridgehead atoms. The highest BCUT2D eigenvalue weighted by molar-refractivity contribution is 7.88. The van der Waals surface area contributed by atoms with Crippen LogP contribution in [0.2, 0.25) is 0 Å². The van der Waals surface area contributed by atoms with E-state index in [0.29, 0.717) is 12.5 Å². The van der Waals surface area contributed by atoms with Gasteiger partial charge >= 0.3 is 0 Å². The van der Waals surface area contributed by atoms with E-state index >= 15 is 0 Å². The van der Waals surface area contributed by atoms with Gasteiger partial charge in [0.15, 0.2) is 0 Å². The first kappa shape index (κ1) is 24.1. The molecule has 3 atom stereocenters. The van der Waals surface area contributed by atoms with Crippen molar-refractivity contribution in [3.05, 3.63) is 30.7 Å². The van der Waals surface area contributed by atoms with Crippen LogP contribution in [0.1, 0.15) is 57.8 Å². The molecule has 1 saturated carbocycles. The molecule has 2 N–H and O–H groups in total. The van der Waals surface area contributed by atoms with Crippen LogP contribution in [0.25, 0.3) is 0 Å². The van der Waals surface area contributed by atoms with Crippen LogP contribution in [-0.2, 0) is 10.0 Å². The Morgan fingerprint density at radius 3 is 2.73 bits per heavy atom. The summed E-state index contributed by atoms with van der Waals surface area (Å²) in [7, 11) is -3.33. The molecule has 1 radical (unpaired) electrons. The van der Waals surface area contributed by atoms with Gasteiger partial charge in [-0.3, -0.25) is 10.3 Å². The Labute approximate surface area is 198 Å². The number of hydrogen-bond acceptors (Lipinski definition) is 6. The van der Waals surface area contributed by atoms with Gasteiger partial charge in [-0.25, -0.2) is 13.1 Å². The van der Waals surface area contributed by atoms with Crippen molar-refractivity contribution in [3.63, 3.8) is 0 Å². The van der Waals surface area contributed by atoms with E-state index in [-0.39, 0.29) is 18.8 Å². The van der Waals surface area contributed by atoms with E-state index in [1.165, 1.54) is 38.4 Å². The Morgan fingerprint density at radius 1 is 1.27 bits per heavy atom. The molecule has 179 valence electrons. The fourth-order valence-electron chi connectivity index (χ4n) is 5.69. The number of nitrogens with one attached hydrogen (secondary N) is 2. The Morgan fingerprint density at radius 2 is 2.03 bits per heavy atom. The van der Waals surface area contributed by atoms with Crippen molar-refractivity contribution < 1.29 is 8.42 Å². The minimum absolute atomic E-state index is 0.0215. The van der Waals surface area contributed by atoms with Crippen molar-refractivity contribution >= 4 is 21.6 Å². The molecule has 2 aliphatic carbocycles. The fraction of sp³-hybridized carbons (Fsp3) is 0.667. The number of fused-ring (bicyclic) bond motifs is 1. The van der Waals surface area contributed by atoms with Gasteiger partial charge in [-0.1, -0.05) is 50.3 Å². The number of likely N-dealkylation sites (tertiary alicyclic amines) is 1. The molecule has 3 unspecified atom stereocenters. The molecule has 0 spiro atoms. The van der Waals surface area contributed by atoms with E-state index in [4.69, 9.17) is 4.99 Å². The van der Waals surface area contributed by atoms with Crippen molar-refractivity contribution in [1.82, 2.24) is 14.9 Å². The molecule has 2 heterocycles. The molecule has 4 rings (SSSR count). The highest BCUT2D eigenvalue weighted by Crippen LogP contribution is 2.42. The largest absolute Gasteiger partial charge is 0.356 e. The van der Waals surface area contributed by atoms with Crippen LogP contribution in [0.3, 0.4) is 0 Å². The van der Waals surface area contributed by atoms with Crippen LogP contribution in [0, 0.1) is 23.3 Å². The summed E-state index contributed by atoms with van der Waals surface area (Å²) in [5.41, 5.74) is 0.297. The van der Waals surface area contributed by atoms with Crippen LogP contribution in [0.4, 0.5) is 0 Å². The van der Waals surface area contributed by atoms with Gasteiger partial charge in [0.05, 0.1) is 23.4 Å². The summed E-state index contributed by atoms with van der Waals surface area (Å²) >= 11 is 0. The van der Waals surface area contributed by atoms with Gasteiger partial charge in [-0.05, 0) is 38.2 Å². The SMILES string of the molecule is CS(=O)(=O)NCCC1(C2N=C3C=CC=CC3N2)[CH]CCN(C2CCCCCCC2)C1=NC#N. The quantitative estimate of drug-likeness (QED) is 0.579. The van der Waals surface area contributed by atoms with E-state index in [1.54, 1.807) is 0 Å². The maximum Gasteiger partial charge on any atom is 0.208 e. The van der Waals surface area contributed by atoms with Crippen LogP contribution >= 0.6 is 0 Å². The van der Waals surface area contributed by atoms with E-state index in [1.807, 2.05) is 18.2 Å². The predicted molar refractivity (Wildman–Crippen MR) is 131 cm³/mol. The lowest BCUT2D eigenvalue weighted by Gasteiger charge is -2.49. The number of nitriles is 1. The molecule has 0 amide bonds. The minimum Gasteiger partial charge on any atom is -0.356 e. The van der Waals surface area contributed by atoms with Gasteiger partial charge in [-0.2, -0.15) is 10.3 Å². The summed E-state index contributed by atoms with van der Waals surface area (Å²) in [5.74, 6) is 0.741. The molecule has 2 aliphatic heterocycles. The second-order valence-electron chi connectivity index (χ2n) is 9.52. The van der Waals surface area contributed by atoms with Crippen LogP contribution in [0.15, 0.2) is 34.3 Å². The number of hydrogen-bond donors (Lipinski definition) is 2. The number of rotatable bonds is 6. The summed E-state index contributed by atoms with van der Waals surface area (Å²) in [6.07, 6.45) is 22.9. The van der Waals surface area contributed by atoms with E-state index in [2.05, 4.69) is 38.6 Å². The van der Waals surface area contributed by atoms with Gasteiger partial charge in [0.1, 0.15) is 12.0 Å². The fourth-order valence-corrected chi connectivity index (χ4v) is 6.16. The zero-order chi connectivity index (χ0) is 23.3. The highest BCUT2D eigenvalue weighted by atomic mass is 32.2. The van der Waals surface area contributed by atoms with Gasteiger partial charge in [0.2, 0.25) is 16.2 Å². The molecule has 33 heavy (non-hydrogen) atoms. The Bertz CT molecular complexity index is 971. The Balaban J connectivity index is 1.69. The predicted octanol–water partition coefficient (Wildman–Crippen LogP) is 2.68. The van der Waals surface area contributed by atoms with Gasteiger partial charge in [0.25, 0.3) is 0 Å². The number of aliphatic imine (C=N–C) groups is 2. The molecule has 0 aromatic heterocycles. The van der Waals surface area contributed by atoms with Gasteiger partial charge in [-0.15, -0.1) is 0 Å². The Hall–Kier alpha value is -2.02. The lowest BCUT2D eigenvalue weighted by Crippen LogP contribution is -2.60. The molecular formula is C24H35N6O2S. The van der Waals surface area contributed by atoms with Crippen molar-refractivity contribution in [2.45, 2.75) is 76.0 Å². The number of nitrogens with zero attached hydrogens (tertiary/aromatic N) is 4. The van der Waals surface area contributed by atoms with Crippen LogP contribution in [-0.4, -0.2) is 62.5 Å².